The molecular formula is C56H80O9Si2. The number of methoxy groups -OCH3 is 2. The van der Waals surface area contributed by atoms with Crippen molar-refractivity contribution in [2.45, 2.75) is 148 Å². The Hall–Kier alpha value is -3.89. The van der Waals surface area contributed by atoms with Gasteiger partial charge in [0.05, 0.1) is 46.2 Å². The second kappa shape index (κ2) is 23.6. The standard InChI is InChI=1S/C56H80O9Si2/c1-14-45(22-21-38-60-41-43-27-31-46(58-10)32-28-43)50(57)35-36-56(37-39-62-67(54(5,6)7,48-23-17-15-18-24-48)49-25-19-16-20-26-49)51(63-55(8,9)65-56)40-52(64-66(12,13)53(2,3)4)61-42-44-29-33-47(59-11)34-30-44/h15-36,45,50-52,57H,14,37-42H2,1-13H3/b22-21-,36-35+/t45-,50+,51+,52+,56-/m0/s1. The first-order valence-corrected chi connectivity index (χ1v) is 28.8. The van der Waals surface area contributed by atoms with E-state index in [2.05, 4.69) is 122 Å². The second-order valence-corrected chi connectivity index (χ2v) is 29.8. The highest BCUT2D eigenvalue weighted by molar-refractivity contribution is 6.99. The molecule has 0 unspecified atom stereocenters. The molecule has 1 aliphatic rings. The van der Waals surface area contributed by atoms with Crippen molar-refractivity contribution in [1.29, 1.82) is 0 Å². The molecule has 1 fully saturated rings. The van der Waals surface area contributed by atoms with Crippen LogP contribution in [0, 0.1) is 5.92 Å². The molecule has 0 amide bonds. The minimum absolute atomic E-state index is 0.0742. The molecule has 1 heterocycles. The van der Waals surface area contributed by atoms with E-state index in [1.807, 2.05) is 86.7 Å². The van der Waals surface area contributed by atoms with Crippen molar-refractivity contribution >= 4 is 27.0 Å². The van der Waals surface area contributed by atoms with Crippen molar-refractivity contribution in [2.24, 2.45) is 5.92 Å². The van der Waals surface area contributed by atoms with E-state index in [1.54, 1.807) is 14.2 Å². The molecule has 0 radical (unpaired) electrons. The minimum Gasteiger partial charge on any atom is -0.497 e. The first-order chi connectivity index (χ1) is 31.7. The molecule has 366 valence electrons. The zero-order valence-electron chi connectivity index (χ0n) is 42.7. The molecule has 67 heavy (non-hydrogen) atoms. The number of hydrogen-bond acceptors (Lipinski definition) is 9. The van der Waals surface area contributed by atoms with Crippen LogP contribution >= 0.6 is 0 Å². The normalized spacial score (nSPS) is 19.5. The number of aliphatic hydroxyl groups excluding tert-OH is 1. The molecule has 1 saturated heterocycles. The number of benzene rings is 4. The molecule has 0 aliphatic carbocycles. The van der Waals surface area contributed by atoms with Crippen LogP contribution in [0.3, 0.4) is 0 Å². The van der Waals surface area contributed by atoms with E-state index in [0.29, 0.717) is 39.3 Å². The Morgan fingerprint density at radius 3 is 1.76 bits per heavy atom. The highest BCUT2D eigenvalue weighted by Gasteiger charge is 2.55. The maximum atomic E-state index is 12.0. The summed E-state index contributed by atoms with van der Waals surface area (Å²) in [6, 6.07) is 37.2. The van der Waals surface area contributed by atoms with E-state index in [9.17, 15) is 5.11 Å². The summed E-state index contributed by atoms with van der Waals surface area (Å²) in [5, 5.41) is 14.1. The third-order valence-electron chi connectivity index (χ3n) is 13.4. The van der Waals surface area contributed by atoms with Crippen molar-refractivity contribution < 1.29 is 42.4 Å². The Balaban J connectivity index is 1.50. The lowest BCUT2D eigenvalue weighted by atomic mass is 9.88. The van der Waals surface area contributed by atoms with Crippen LogP contribution in [0.2, 0.25) is 23.2 Å². The van der Waals surface area contributed by atoms with Crippen molar-refractivity contribution in [2.75, 3.05) is 27.4 Å². The van der Waals surface area contributed by atoms with Gasteiger partial charge in [0.1, 0.15) is 17.1 Å². The molecule has 5 rings (SSSR count). The summed E-state index contributed by atoms with van der Waals surface area (Å²) in [5.41, 5.74) is 1.04. The second-order valence-electron chi connectivity index (χ2n) is 20.7. The van der Waals surface area contributed by atoms with Crippen LogP contribution in [0.25, 0.3) is 0 Å². The van der Waals surface area contributed by atoms with Crippen molar-refractivity contribution in [3.63, 3.8) is 0 Å². The van der Waals surface area contributed by atoms with Gasteiger partial charge in [0, 0.05) is 25.4 Å². The van der Waals surface area contributed by atoms with Crippen LogP contribution in [-0.2, 0) is 41.0 Å². The fourth-order valence-electron chi connectivity index (χ4n) is 8.63. The first-order valence-electron chi connectivity index (χ1n) is 24.0. The average Bonchev–Trinajstić information content (AvgIpc) is 3.55. The summed E-state index contributed by atoms with van der Waals surface area (Å²) in [6.07, 6.45) is 7.56. The number of hydrogen-bond donors (Lipinski definition) is 1. The topological polar surface area (TPSA) is 94.1 Å². The molecule has 4 aromatic rings. The minimum atomic E-state index is -2.92. The van der Waals surface area contributed by atoms with E-state index >= 15 is 0 Å². The van der Waals surface area contributed by atoms with Gasteiger partial charge in [-0.3, -0.25) is 0 Å². The van der Waals surface area contributed by atoms with Gasteiger partial charge in [-0.25, -0.2) is 0 Å². The molecule has 9 nitrogen and oxygen atoms in total. The summed E-state index contributed by atoms with van der Waals surface area (Å²) in [4.78, 5) is 0. The molecule has 11 heteroatoms. The van der Waals surface area contributed by atoms with Crippen LogP contribution in [0.4, 0.5) is 0 Å². The molecule has 0 spiro atoms. The van der Waals surface area contributed by atoms with E-state index in [1.165, 1.54) is 10.4 Å². The molecule has 4 aromatic carbocycles. The molecular weight excluding hydrogens is 873 g/mol. The fourth-order valence-corrected chi connectivity index (χ4v) is 14.4. The molecule has 1 N–H and O–H groups in total. The van der Waals surface area contributed by atoms with Crippen LogP contribution in [0.1, 0.15) is 92.7 Å². The van der Waals surface area contributed by atoms with Gasteiger partial charge in [-0.15, -0.1) is 0 Å². The Labute approximate surface area is 405 Å². The van der Waals surface area contributed by atoms with Gasteiger partial charge < -0.3 is 42.4 Å². The van der Waals surface area contributed by atoms with Gasteiger partial charge in [-0.2, -0.15) is 0 Å². The Morgan fingerprint density at radius 2 is 1.27 bits per heavy atom. The molecule has 0 saturated carbocycles. The van der Waals surface area contributed by atoms with Gasteiger partial charge in [-0.05, 0) is 89.2 Å². The van der Waals surface area contributed by atoms with Crippen molar-refractivity contribution in [3.8, 4) is 11.5 Å². The van der Waals surface area contributed by atoms with Gasteiger partial charge >= 0.3 is 0 Å². The predicted molar refractivity (Wildman–Crippen MR) is 276 cm³/mol. The summed E-state index contributed by atoms with van der Waals surface area (Å²) in [6.45, 7) is 25.7. The summed E-state index contributed by atoms with van der Waals surface area (Å²) in [5.74, 6) is 0.462. The highest BCUT2D eigenvalue weighted by Crippen LogP contribution is 2.45. The lowest BCUT2D eigenvalue weighted by molar-refractivity contribution is -0.164. The molecule has 0 aromatic heterocycles. The van der Waals surface area contributed by atoms with E-state index in [-0.39, 0.29) is 16.0 Å². The average molecular weight is 953 g/mol. The highest BCUT2D eigenvalue weighted by atomic mass is 28.4. The fraction of sp³-hybridized carbons (Fsp3) is 0.500. The zero-order chi connectivity index (χ0) is 48.9. The van der Waals surface area contributed by atoms with E-state index < -0.39 is 46.5 Å². The largest absolute Gasteiger partial charge is 0.497 e. The summed E-state index contributed by atoms with van der Waals surface area (Å²) in [7, 11) is -1.95. The first kappa shape index (κ1) is 54.1. The zero-order valence-corrected chi connectivity index (χ0v) is 44.7. The summed E-state index contributed by atoms with van der Waals surface area (Å²) >= 11 is 0. The predicted octanol–water partition coefficient (Wildman–Crippen LogP) is 11.5. The van der Waals surface area contributed by atoms with Gasteiger partial charge in [0.15, 0.2) is 20.4 Å². The van der Waals surface area contributed by atoms with Crippen molar-refractivity contribution in [1.82, 2.24) is 0 Å². The quantitative estimate of drug-likeness (QED) is 0.0319. The van der Waals surface area contributed by atoms with Gasteiger partial charge in [0.2, 0.25) is 0 Å². The monoisotopic (exact) mass is 953 g/mol. The number of aliphatic hydroxyl groups is 1. The Bertz CT molecular complexity index is 2090. The number of ether oxygens (including phenoxy) is 6. The molecule has 0 bridgehead atoms. The smallest absolute Gasteiger partial charge is 0.261 e. The third-order valence-corrected chi connectivity index (χ3v) is 22.9. The SMILES string of the molecule is CC[C@@H](/C=C\COCc1ccc(OC)cc1)[C@H](O)/C=C/[C@@]1(CCO[Si](c2ccccc2)(c2ccccc2)C(C)(C)C)OC(C)(C)O[C@@H]1C[C@H](OCc1ccc(OC)cc1)O[Si](C)(C)C(C)(C)C. The lowest BCUT2D eigenvalue weighted by Crippen LogP contribution is -2.66. The van der Waals surface area contributed by atoms with Crippen LogP contribution < -0.4 is 19.8 Å². The Morgan fingerprint density at radius 1 is 0.731 bits per heavy atom. The third kappa shape index (κ3) is 14.3. The van der Waals surface area contributed by atoms with Gasteiger partial charge in [0.25, 0.3) is 8.32 Å². The Kier molecular flexibility index (Phi) is 19.1. The van der Waals surface area contributed by atoms with Crippen LogP contribution in [0.15, 0.2) is 133 Å². The maximum absolute atomic E-state index is 12.0. The number of rotatable bonds is 24. The van der Waals surface area contributed by atoms with E-state index in [0.717, 1.165) is 29.0 Å². The molecule has 1 aliphatic heterocycles. The van der Waals surface area contributed by atoms with Crippen LogP contribution in [0.5, 0.6) is 11.5 Å². The summed E-state index contributed by atoms with van der Waals surface area (Å²) < 4.78 is 52.2. The molecule has 5 atom stereocenters. The maximum Gasteiger partial charge on any atom is 0.261 e. The van der Waals surface area contributed by atoms with E-state index in [4.69, 9.17) is 37.3 Å². The lowest BCUT2D eigenvalue weighted by Gasteiger charge is -2.44. The van der Waals surface area contributed by atoms with Crippen LogP contribution in [-0.4, -0.2) is 79.1 Å². The van der Waals surface area contributed by atoms with Gasteiger partial charge in [-0.1, -0.05) is 158 Å². The van der Waals surface area contributed by atoms with Crippen molar-refractivity contribution in [3.05, 3.63) is 145 Å².